The molecule has 1 N–H and O–H groups in total. The van der Waals surface area contributed by atoms with E-state index in [2.05, 4.69) is 20.5 Å². The number of carbonyl (C=O) groups excluding carboxylic acids is 1. The predicted molar refractivity (Wildman–Crippen MR) is 119 cm³/mol. The number of anilines is 1. The number of nitrogens with zero attached hydrogens (tertiary/aromatic N) is 4. The number of rotatable bonds is 6. The van der Waals surface area contributed by atoms with Crippen LogP contribution in [0.25, 0.3) is 16.2 Å². The molecule has 0 saturated heterocycles. The van der Waals surface area contributed by atoms with Crippen molar-refractivity contribution < 1.29 is 9.53 Å². The molecule has 0 saturated carbocycles. The molecule has 3 heterocycles. The molecule has 0 bridgehead atoms. The Kier molecular flexibility index (Phi) is 5.12. The smallest absolute Gasteiger partial charge is 0.257 e. The van der Waals surface area contributed by atoms with E-state index < -0.39 is 0 Å². The van der Waals surface area contributed by atoms with E-state index in [1.807, 2.05) is 71.4 Å². The molecular weight excluding hydrogens is 410 g/mol. The zero-order valence-corrected chi connectivity index (χ0v) is 17.1. The van der Waals surface area contributed by atoms with Crippen molar-refractivity contribution in [3.05, 3.63) is 96.4 Å². The molecule has 0 spiro atoms. The molecule has 0 aliphatic heterocycles. The minimum Gasteiger partial charge on any atom is -0.487 e. The average Bonchev–Trinajstić information content (AvgIpc) is 3.45. The number of ether oxygens (including phenoxy) is 1. The summed E-state index contributed by atoms with van der Waals surface area (Å²) in [4.78, 5) is 17.2. The van der Waals surface area contributed by atoms with Crippen LogP contribution in [0.5, 0.6) is 5.75 Å². The number of carbonyl (C=O) groups is 1. The van der Waals surface area contributed by atoms with E-state index >= 15 is 0 Å². The zero-order chi connectivity index (χ0) is 21.0. The van der Waals surface area contributed by atoms with Crippen molar-refractivity contribution in [3.63, 3.8) is 0 Å². The summed E-state index contributed by atoms with van der Waals surface area (Å²) in [6.07, 6.45) is 3.86. The van der Waals surface area contributed by atoms with Gasteiger partial charge in [-0.2, -0.15) is 0 Å². The molecule has 2 aromatic carbocycles. The number of hydrogen-bond donors (Lipinski definition) is 1. The predicted octanol–water partition coefficient (Wildman–Crippen LogP) is 4.68. The molecule has 0 unspecified atom stereocenters. The highest BCUT2D eigenvalue weighted by atomic mass is 32.1. The molecule has 8 heteroatoms. The monoisotopic (exact) mass is 427 g/mol. The number of imidazole rings is 1. The van der Waals surface area contributed by atoms with Crippen LogP contribution in [-0.2, 0) is 6.61 Å². The van der Waals surface area contributed by atoms with E-state index in [9.17, 15) is 4.79 Å². The Morgan fingerprint density at radius 2 is 1.87 bits per heavy atom. The first kappa shape index (κ1) is 19.0. The fourth-order valence-electron chi connectivity index (χ4n) is 3.08. The molecule has 0 atom stereocenters. The van der Waals surface area contributed by atoms with Gasteiger partial charge >= 0.3 is 0 Å². The van der Waals surface area contributed by atoms with Crippen molar-refractivity contribution in [3.8, 4) is 16.3 Å². The number of pyridine rings is 1. The first-order valence-electron chi connectivity index (χ1n) is 9.60. The van der Waals surface area contributed by atoms with Crippen LogP contribution in [0.4, 0.5) is 5.13 Å². The lowest BCUT2D eigenvalue weighted by atomic mass is 10.2. The minimum absolute atomic E-state index is 0.269. The van der Waals surface area contributed by atoms with Gasteiger partial charge in [0.2, 0.25) is 5.13 Å². The SMILES string of the molecule is O=C(Nc1nnc(-c2ccccc2)s1)c1cccc(OCc2cn3ccccc3n2)c1. The summed E-state index contributed by atoms with van der Waals surface area (Å²) in [6, 6.07) is 22.6. The van der Waals surface area contributed by atoms with Gasteiger partial charge in [-0.3, -0.25) is 10.1 Å². The Morgan fingerprint density at radius 3 is 2.74 bits per heavy atom. The highest BCUT2D eigenvalue weighted by molar-refractivity contribution is 7.18. The van der Waals surface area contributed by atoms with E-state index in [0.717, 1.165) is 21.9 Å². The lowest BCUT2D eigenvalue weighted by Crippen LogP contribution is -2.11. The third-order valence-corrected chi connectivity index (χ3v) is 5.45. The molecule has 152 valence electrons. The first-order valence-corrected chi connectivity index (χ1v) is 10.4. The molecule has 3 aromatic heterocycles. The Balaban J connectivity index is 1.25. The molecule has 0 aliphatic rings. The number of nitrogens with one attached hydrogen (secondary N) is 1. The Hall–Kier alpha value is -4.04. The highest BCUT2D eigenvalue weighted by Gasteiger charge is 2.12. The van der Waals surface area contributed by atoms with Crippen LogP contribution in [-0.4, -0.2) is 25.5 Å². The lowest BCUT2D eigenvalue weighted by molar-refractivity contribution is 0.102. The quantitative estimate of drug-likeness (QED) is 0.425. The third-order valence-electron chi connectivity index (χ3n) is 4.56. The second-order valence-corrected chi connectivity index (χ2v) is 7.72. The first-order chi connectivity index (χ1) is 15.2. The summed E-state index contributed by atoms with van der Waals surface area (Å²) in [6.45, 7) is 0.309. The molecule has 0 radical (unpaired) electrons. The van der Waals surface area contributed by atoms with Gasteiger partial charge in [-0.1, -0.05) is 53.8 Å². The van der Waals surface area contributed by atoms with Crippen LogP contribution < -0.4 is 10.1 Å². The van der Waals surface area contributed by atoms with E-state index in [-0.39, 0.29) is 5.91 Å². The van der Waals surface area contributed by atoms with Crippen molar-refractivity contribution in [1.82, 2.24) is 19.6 Å². The maximum atomic E-state index is 12.7. The zero-order valence-electron chi connectivity index (χ0n) is 16.3. The Bertz CT molecular complexity index is 1310. The van der Waals surface area contributed by atoms with Gasteiger partial charge in [0.05, 0.1) is 5.69 Å². The summed E-state index contributed by atoms with van der Waals surface area (Å²) in [5.74, 6) is 0.320. The van der Waals surface area contributed by atoms with Gasteiger partial charge in [-0.15, -0.1) is 10.2 Å². The van der Waals surface area contributed by atoms with Gasteiger partial charge in [0, 0.05) is 23.5 Å². The molecule has 1 amide bonds. The second-order valence-electron chi connectivity index (χ2n) is 6.75. The van der Waals surface area contributed by atoms with Crippen molar-refractivity contribution in [2.24, 2.45) is 0 Å². The number of amides is 1. The highest BCUT2D eigenvalue weighted by Crippen LogP contribution is 2.26. The van der Waals surface area contributed by atoms with Crippen LogP contribution in [0.2, 0.25) is 0 Å². The fourth-order valence-corrected chi connectivity index (χ4v) is 3.83. The number of hydrogen-bond acceptors (Lipinski definition) is 6. The van der Waals surface area contributed by atoms with Gasteiger partial charge in [-0.25, -0.2) is 4.98 Å². The number of benzene rings is 2. The van der Waals surface area contributed by atoms with Gasteiger partial charge in [-0.05, 0) is 30.3 Å². The topological polar surface area (TPSA) is 81.4 Å². The average molecular weight is 427 g/mol. The number of fused-ring (bicyclic) bond motifs is 1. The van der Waals surface area contributed by atoms with Crippen LogP contribution in [0.3, 0.4) is 0 Å². The molecule has 5 aromatic rings. The van der Waals surface area contributed by atoms with E-state index in [0.29, 0.717) is 23.1 Å². The molecule has 0 aliphatic carbocycles. The summed E-state index contributed by atoms with van der Waals surface area (Å²) < 4.78 is 7.78. The largest absolute Gasteiger partial charge is 0.487 e. The van der Waals surface area contributed by atoms with Gasteiger partial charge < -0.3 is 9.14 Å². The number of aromatic nitrogens is 4. The Morgan fingerprint density at radius 1 is 1.00 bits per heavy atom. The maximum Gasteiger partial charge on any atom is 0.257 e. The molecule has 0 fully saturated rings. The molecule has 31 heavy (non-hydrogen) atoms. The van der Waals surface area contributed by atoms with E-state index in [1.54, 1.807) is 18.2 Å². The molecular formula is C23H17N5O2S. The maximum absolute atomic E-state index is 12.7. The second kappa shape index (κ2) is 8.37. The molecule has 5 rings (SSSR count). The molecule has 7 nitrogen and oxygen atoms in total. The van der Waals surface area contributed by atoms with Gasteiger partial charge in [0.25, 0.3) is 5.91 Å². The standard InChI is InChI=1S/C23H17N5O2S/c29-21(25-23-27-26-22(31-23)16-7-2-1-3-8-16)17-9-6-10-19(13-17)30-15-18-14-28-12-5-4-11-20(28)24-18/h1-14H,15H2,(H,25,27,29). The van der Waals surface area contributed by atoms with Crippen molar-refractivity contribution >= 4 is 28.0 Å². The van der Waals surface area contributed by atoms with Crippen molar-refractivity contribution in [2.75, 3.05) is 5.32 Å². The third kappa shape index (κ3) is 4.29. The van der Waals surface area contributed by atoms with E-state index in [4.69, 9.17) is 4.74 Å². The fraction of sp³-hybridized carbons (Fsp3) is 0.0435. The van der Waals surface area contributed by atoms with E-state index in [1.165, 1.54) is 11.3 Å². The summed E-state index contributed by atoms with van der Waals surface area (Å²) in [5, 5.41) is 12.2. The van der Waals surface area contributed by atoms with Crippen molar-refractivity contribution in [1.29, 1.82) is 0 Å². The van der Waals surface area contributed by atoms with Gasteiger partial charge in [0.15, 0.2) is 0 Å². The van der Waals surface area contributed by atoms with Crippen LogP contribution in [0.1, 0.15) is 16.1 Å². The normalized spacial score (nSPS) is 10.8. The van der Waals surface area contributed by atoms with Gasteiger partial charge in [0.1, 0.15) is 23.0 Å². The Labute approximate surface area is 182 Å². The van der Waals surface area contributed by atoms with Crippen LogP contribution >= 0.6 is 11.3 Å². The summed E-state index contributed by atoms with van der Waals surface area (Å²) >= 11 is 1.33. The lowest BCUT2D eigenvalue weighted by Gasteiger charge is -2.06. The van der Waals surface area contributed by atoms with Crippen LogP contribution in [0.15, 0.2) is 85.2 Å². The minimum atomic E-state index is -0.269. The van der Waals surface area contributed by atoms with Crippen LogP contribution in [0, 0.1) is 0 Å². The summed E-state index contributed by atoms with van der Waals surface area (Å²) in [5.41, 5.74) is 3.11. The summed E-state index contributed by atoms with van der Waals surface area (Å²) in [7, 11) is 0. The van der Waals surface area contributed by atoms with Crippen molar-refractivity contribution in [2.45, 2.75) is 6.61 Å².